The van der Waals surface area contributed by atoms with Crippen LogP contribution in [-0.4, -0.2) is 6.98 Å². The molecule has 0 aromatic heterocycles. The van der Waals surface area contributed by atoms with Crippen molar-refractivity contribution in [3.63, 3.8) is 0 Å². The average molecular weight is 304 g/mol. The van der Waals surface area contributed by atoms with E-state index in [0.29, 0.717) is 12.4 Å². The summed E-state index contributed by atoms with van der Waals surface area (Å²) >= 11 is 0. The molecule has 2 aromatic rings. The number of halogens is 3. The van der Waals surface area contributed by atoms with Gasteiger partial charge in [-0.15, -0.1) is 0 Å². The first-order chi connectivity index (χ1) is 9.03. The van der Waals surface area contributed by atoms with Gasteiger partial charge in [0.05, 0.1) is 0 Å². The van der Waals surface area contributed by atoms with Crippen molar-refractivity contribution in [2.24, 2.45) is 0 Å². The van der Waals surface area contributed by atoms with Crippen molar-refractivity contribution in [1.29, 1.82) is 0 Å². The summed E-state index contributed by atoms with van der Waals surface area (Å²) in [5.74, 6) is 0.460. The summed E-state index contributed by atoms with van der Waals surface area (Å²) in [7, 11) is 0. The second kappa shape index (κ2) is 8.24. The van der Waals surface area contributed by atoms with E-state index in [9.17, 15) is 12.9 Å². The smallest absolute Gasteiger partial charge is 0.489 e. The molecule has 0 aliphatic rings. The molecule has 0 heterocycles. The van der Waals surface area contributed by atoms with Crippen LogP contribution in [0.2, 0.25) is 0 Å². The Balaban J connectivity index is 0.00000200. The van der Waals surface area contributed by atoms with Crippen molar-refractivity contribution in [3.05, 3.63) is 65.7 Å². The molecule has 100 valence electrons. The van der Waals surface area contributed by atoms with Crippen LogP contribution in [0.5, 0.6) is 5.75 Å². The van der Waals surface area contributed by atoms with E-state index in [1.807, 2.05) is 30.3 Å². The summed E-state index contributed by atoms with van der Waals surface area (Å²) in [6.45, 7) is -4.46. The molecule has 6 heteroatoms. The van der Waals surface area contributed by atoms with Crippen LogP contribution in [0.15, 0.2) is 54.6 Å². The monoisotopic (exact) mass is 304 g/mol. The molecule has 0 aliphatic heterocycles. The zero-order chi connectivity index (χ0) is 13.7. The first-order valence-electron chi connectivity index (χ1n) is 5.99. The zero-order valence-corrected chi connectivity index (χ0v) is 14.4. The summed E-state index contributed by atoms with van der Waals surface area (Å²) in [5.41, 5.74) is 1.21. The molecule has 2 rings (SSSR count). The minimum Gasteiger partial charge on any atom is -0.489 e. The largest absolute Gasteiger partial charge is 1.00 e. The summed E-state index contributed by atoms with van der Waals surface area (Å²) in [6.07, 6.45) is -0.872. The van der Waals surface area contributed by atoms with Crippen LogP contribution < -0.4 is 56.1 Å². The minimum atomic E-state index is -4.81. The predicted molar refractivity (Wildman–Crippen MR) is 70.0 cm³/mol. The Bertz CT molecular complexity index is 531. The standard InChI is InChI=1S/C14H13BF3O.K/c16-15(17,18)10-13-7-4-8-14(9-13)19-11-12-5-2-1-3-6-12;/h1-9H,10-11H2;/q-1;+1. The van der Waals surface area contributed by atoms with Crippen molar-refractivity contribution in [3.8, 4) is 5.75 Å². The second-order valence-electron chi connectivity index (χ2n) is 4.34. The molecule has 2 aromatic carbocycles. The van der Waals surface area contributed by atoms with Crippen LogP contribution in [0.1, 0.15) is 11.1 Å². The first-order valence-corrected chi connectivity index (χ1v) is 5.99. The van der Waals surface area contributed by atoms with Gasteiger partial charge >= 0.3 is 58.4 Å². The van der Waals surface area contributed by atoms with E-state index in [1.165, 1.54) is 12.1 Å². The molecule has 0 radical (unpaired) electrons. The predicted octanol–water partition coefficient (Wildman–Crippen LogP) is 1.20. The molecular formula is C14H13BF3KO. The third-order valence-electron chi connectivity index (χ3n) is 2.61. The molecule has 0 atom stereocenters. The molecule has 0 fully saturated rings. The number of rotatable bonds is 5. The fraction of sp³-hybridized carbons (Fsp3) is 0.143. The van der Waals surface area contributed by atoms with Gasteiger partial charge in [0.1, 0.15) is 12.4 Å². The number of benzene rings is 2. The Labute approximate surface area is 159 Å². The molecule has 0 N–H and O–H groups in total. The molecule has 20 heavy (non-hydrogen) atoms. The quantitative estimate of drug-likeness (QED) is 0.754. The molecule has 0 saturated carbocycles. The van der Waals surface area contributed by atoms with Gasteiger partial charge in [0.25, 0.3) is 0 Å². The zero-order valence-electron chi connectivity index (χ0n) is 11.2. The first kappa shape index (κ1) is 17.8. The Morgan fingerprint density at radius 1 is 0.850 bits per heavy atom. The molecular weight excluding hydrogens is 291 g/mol. The fourth-order valence-electron chi connectivity index (χ4n) is 1.77. The molecule has 0 saturated heterocycles. The van der Waals surface area contributed by atoms with Crippen LogP contribution >= 0.6 is 0 Å². The number of hydrogen-bond acceptors (Lipinski definition) is 1. The fourth-order valence-corrected chi connectivity index (χ4v) is 1.77. The van der Waals surface area contributed by atoms with Crippen LogP contribution in [0.25, 0.3) is 0 Å². The van der Waals surface area contributed by atoms with Gasteiger partial charge in [-0.2, -0.15) is 0 Å². The van der Waals surface area contributed by atoms with Crippen LogP contribution in [0, 0.1) is 0 Å². The topological polar surface area (TPSA) is 9.23 Å². The van der Waals surface area contributed by atoms with Gasteiger partial charge < -0.3 is 17.7 Å². The van der Waals surface area contributed by atoms with Crippen LogP contribution in [-0.2, 0) is 12.9 Å². The Morgan fingerprint density at radius 3 is 2.15 bits per heavy atom. The van der Waals surface area contributed by atoms with Gasteiger partial charge in [-0.3, -0.25) is 0 Å². The van der Waals surface area contributed by atoms with Gasteiger partial charge in [0, 0.05) is 0 Å². The van der Waals surface area contributed by atoms with E-state index in [4.69, 9.17) is 4.74 Å². The molecule has 0 spiro atoms. The maximum atomic E-state index is 12.3. The van der Waals surface area contributed by atoms with Crippen molar-refractivity contribution >= 4 is 6.98 Å². The van der Waals surface area contributed by atoms with Gasteiger partial charge in [-0.25, -0.2) is 0 Å². The van der Waals surface area contributed by atoms with E-state index in [2.05, 4.69) is 0 Å². The Kier molecular flexibility index (Phi) is 7.33. The summed E-state index contributed by atoms with van der Waals surface area (Å²) in [6, 6.07) is 15.6. The van der Waals surface area contributed by atoms with Crippen molar-refractivity contribution in [2.75, 3.05) is 0 Å². The number of ether oxygens (including phenoxy) is 1. The van der Waals surface area contributed by atoms with Crippen molar-refractivity contribution in [1.82, 2.24) is 0 Å². The molecule has 0 bridgehead atoms. The van der Waals surface area contributed by atoms with Gasteiger partial charge in [0.15, 0.2) is 0 Å². The Morgan fingerprint density at radius 2 is 1.50 bits per heavy atom. The van der Waals surface area contributed by atoms with Gasteiger partial charge in [-0.1, -0.05) is 54.3 Å². The van der Waals surface area contributed by atoms with Gasteiger partial charge in [-0.05, 0) is 17.7 Å². The SMILES string of the molecule is F[B-](F)(F)Cc1cccc(OCc2ccccc2)c1.[K+]. The molecule has 1 nitrogen and oxygen atoms in total. The van der Waals surface area contributed by atoms with Crippen LogP contribution in [0.3, 0.4) is 0 Å². The summed E-state index contributed by atoms with van der Waals surface area (Å²) in [5, 5.41) is 0. The third kappa shape index (κ3) is 6.45. The third-order valence-corrected chi connectivity index (χ3v) is 2.61. The van der Waals surface area contributed by atoms with E-state index < -0.39 is 13.3 Å². The molecule has 0 aliphatic carbocycles. The van der Waals surface area contributed by atoms with Crippen LogP contribution in [0.4, 0.5) is 12.9 Å². The van der Waals surface area contributed by atoms with E-state index in [1.54, 1.807) is 12.1 Å². The normalized spacial score (nSPS) is 10.8. The summed E-state index contributed by atoms with van der Waals surface area (Å²) < 4.78 is 42.5. The van der Waals surface area contributed by atoms with Gasteiger partial charge in [0.2, 0.25) is 0 Å². The maximum absolute atomic E-state index is 12.3. The Hall–Kier alpha value is -0.269. The molecule has 0 unspecified atom stereocenters. The molecule has 0 amide bonds. The van der Waals surface area contributed by atoms with Crippen molar-refractivity contribution in [2.45, 2.75) is 12.9 Å². The number of hydrogen-bond donors (Lipinski definition) is 0. The minimum absolute atomic E-state index is 0. The van der Waals surface area contributed by atoms with E-state index in [-0.39, 0.29) is 56.9 Å². The van der Waals surface area contributed by atoms with E-state index >= 15 is 0 Å². The summed E-state index contributed by atoms with van der Waals surface area (Å²) in [4.78, 5) is 0. The second-order valence-corrected chi connectivity index (χ2v) is 4.34. The average Bonchev–Trinajstić information content (AvgIpc) is 2.36. The van der Waals surface area contributed by atoms with E-state index in [0.717, 1.165) is 5.56 Å². The maximum Gasteiger partial charge on any atom is 1.00 e. The van der Waals surface area contributed by atoms with Crippen molar-refractivity contribution < 1.29 is 69.1 Å².